The van der Waals surface area contributed by atoms with Crippen molar-refractivity contribution >= 4 is 40.3 Å². The average molecular weight is 452 g/mol. The third-order valence-corrected chi connectivity index (χ3v) is 5.78. The number of hydrogen-bond donors (Lipinski definition) is 2. The summed E-state index contributed by atoms with van der Waals surface area (Å²) in [6.07, 6.45) is 3.40. The predicted molar refractivity (Wildman–Crippen MR) is 116 cm³/mol. The van der Waals surface area contributed by atoms with Crippen molar-refractivity contribution in [2.24, 2.45) is 5.92 Å². The van der Waals surface area contributed by atoms with Crippen LogP contribution in [0, 0.1) is 18.7 Å². The molecular weight excluding hydrogens is 435 g/mol. The molecule has 3 heterocycles. The molecule has 1 aliphatic rings. The molecule has 0 saturated heterocycles. The second kappa shape index (κ2) is 8.00. The molecule has 5 rings (SSSR count). The lowest BCUT2D eigenvalue weighted by Gasteiger charge is -2.09. The van der Waals surface area contributed by atoms with Gasteiger partial charge in [-0.05, 0) is 38.0 Å². The fourth-order valence-electron chi connectivity index (χ4n) is 3.04. The van der Waals surface area contributed by atoms with E-state index in [0.29, 0.717) is 22.0 Å². The van der Waals surface area contributed by atoms with Crippen LogP contribution in [-0.4, -0.2) is 31.4 Å². The number of imidazole rings is 1. The number of hydrogen-bond acceptors (Lipinski definition) is 7. The van der Waals surface area contributed by atoms with E-state index in [1.807, 2.05) is 0 Å². The predicted octanol–water partition coefficient (Wildman–Crippen LogP) is 4.03. The molecule has 0 radical (unpaired) electrons. The second-order valence-corrected chi connectivity index (χ2v) is 8.18. The van der Waals surface area contributed by atoms with Crippen LogP contribution < -0.4 is 15.4 Å². The van der Waals surface area contributed by atoms with Crippen LogP contribution in [0.1, 0.15) is 28.2 Å². The van der Waals surface area contributed by atoms with Crippen molar-refractivity contribution in [3.63, 3.8) is 0 Å². The summed E-state index contributed by atoms with van der Waals surface area (Å²) in [5.41, 5.74) is 2.65. The summed E-state index contributed by atoms with van der Waals surface area (Å²) in [6.45, 7) is 1.71. The van der Waals surface area contributed by atoms with Crippen LogP contribution >= 0.6 is 11.3 Å². The lowest BCUT2D eigenvalue weighted by atomic mass is 10.2. The van der Waals surface area contributed by atoms with Gasteiger partial charge in [0.15, 0.2) is 11.5 Å². The average Bonchev–Trinajstić information content (AvgIpc) is 3.41. The van der Waals surface area contributed by atoms with Gasteiger partial charge in [-0.15, -0.1) is 16.4 Å². The van der Waals surface area contributed by atoms with E-state index >= 15 is 0 Å². The van der Waals surface area contributed by atoms with Gasteiger partial charge in [0, 0.05) is 18.1 Å². The minimum absolute atomic E-state index is 0.0194. The van der Waals surface area contributed by atoms with Gasteiger partial charge in [-0.3, -0.25) is 9.59 Å². The Morgan fingerprint density at radius 3 is 2.81 bits per heavy atom. The number of aryl methyl sites for hydroxylation is 1. The Kier molecular flexibility index (Phi) is 5.02. The number of carbonyl (C=O) groups excluding carboxylic acids is 2. The van der Waals surface area contributed by atoms with Crippen molar-refractivity contribution in [1.29, 1.82) is 0 Å². The summed E-state index contributed by atoms with van der Waals surface area (Å²) in [5.74, 6) is -0.0772. The molecule has 0 atom stereocenters. The molecule has 2 amide bonds. The van der Waals surface area contributed by atoms with Crippen molar-refractivity contribution in [2.75, 3.05) is 10.6 Å². The largest absolute Gasteiger partial charge is 0.438 e. The van der Waals surface area contributed by atoms with Crippen molar-refractivity contribution in [1.82, 2.24) is 19.6 Å². The number of anilines is 2. The van der Waals surface area contributed by atoms with Gasteiger partial charge in [0.05, 0.1) is 23.1 Å². The van der Waals surface area contributed by atoms with Gasteiger partial charge in [0.1, 0.15) is 16.4 Å². The van der Waals surface area contributed by atoms with Crippen LogP contribution in [-0.2, 0) is 4.79 Å². The minimum Gasteiger partial charge on any atom is -0.438 e. The number of nitrogens with zero attached hydrogens (tertiary/aromatic N) is 4. The van der Waals surface area contributed by atoms with Gasteiger partial charge in [-0.25, -0.2) is 18.9 Å². The summed E-state index contributed by atoms with van der Waals surface area (Å²) in [4.78, 5) is 33.1. The maximum atomic E-state index is 14.2. The summed E-state index contributed by atoms with van der Waals surface area (Å²) in [6, 6.07) is 7.31. The number of carbonyl (C=O) groups is 2. The van der Waals surface area contributed by atoms with Gasteiger partial charge < -0.3 is 15.4 Å². The number of amides is 2. The SMILES string of the molecule is Cc1ncsc1C(=O)Nc1cc(Oc2ccc3nc(NC(=O)C4CC4)cn3n2)ccc1F. The smallest absolute Gasteiger partial charge is 0.267 e. The molecule has 2 N–H and O–H groups in total. The molecule has 0 unspecified atom stereocenters. The molecule has 1 saturated carbocycles. The fraction of sp³-hybridized carbons (Fsp3) is 0.190. The van der Waals surface area contributed by atoms with Gasteiger partial charge in [0.2, 0.25) is 11.8 Å². The molecule has 162 valence electrons. The molecule has 0 spiro atoms. The number of ether oxygens (including phenoxy) is 1. The first-order valence-corrected chi connectivity index (χ1v) is 10.7. The summed E-state index contributed by atoms with van der Waals surface area (Å²) >= 11 is 1.18. The molecule has 1 fully saturated rings. The van der Waals surface area contributed by atoms with E-state index in [-0.39, 0.29) is 29.1 Å². The number of nitrogens with one attached hydrogen (secondary N) is 2. The molecule has 1 aromatic carbocycles. The van der Waals surface area contributed by atoms with Crippen molar-refractivity contribution in [3.05, 3.63) is 58.4 Å². The van der Waals surface area contributed by atoms with Crippen LogP contribution in [0.25, 0.3) is 5.65 Å². The van der Waals surface area contributed by atoms with E-state index < -0.39 is 11.7 Å². The zero-order valence-corrected chi connectivity index (χ0v) is 17.6. The van der Waals surface area contributed by atoms with Crippen LogP contribution in [0.15, 0.2) is 42.0 Å². The third kappa shape index (κ3) is 4.14. The van der Waals surface area contributed by atoms with Crippen LogP contribution in [0.2, 0.25) is 0 Å². The normalized spacial score (nSPS) is 13.2. The summed E-state index contributed by atoms with van der Waals surface area (Å²) in [7, 11) is 0. The highest BCUT2D eigenvalue weighted by molar-refractivity contribution is 7.12. The van der Waals surface area contributed by atoms with Gasteiger partial charge >= 0.3 is 0 Å². The first-order chi connectivity index (χ1) is 15.5. The highest BCUT2D eigenvalue weighted by Crippen LogP contribution is 2.30. The number of halogens is 1. The van der Waals surface area contributed by atoms with Gasteiger partial charge in [-0.1, -0.05) is 0 Å². The molecular formula is C21H17FN6O3S. The maximum absolute atomic E-state index is 14.2. The molecule has 32 heavy (non-hydrogen) atoms. The first-order valence-electron chi connectivity index (χ1n) is 9.82. The quantitative estimate of drug-likeness (QED) is 0.457. The molecule has 4 aromatic rings. The molecule has 0 bridgehead atoms. The highest BCUT2D eigenvalue weighted by atomic mass is 32.1. The lowest BCUT2D eigenvalue weighted by Crippen LogP contribution is -2.13. The number of benzene rings is 1. The van der Waals surface area contributed by atoms with E-state index in [1.165, 1.54) is 34.1 Å². The Hall–Kier alpha value is -3.86. The van der Waals surface area contributed by atoms with E-state index in [9.17, 15) is 14.0 Å². The maximum Gasteiger partial charge on any atom is 0.267 e. The third-order valence-electron chi connectivity index (χ3n) is 4.86. The van der Waals surface area contributed by atoms with Gasteiger partial charge in [-0.2, -0.15) is 0 Å². The first kappa shape index (κ1) is 20.1. The topological polar surface area (TPSA) is 111 Å². The zero-order valence-electron chi connectivity index (χ0n) is 16.8. The fourth-order valence-corrected chi connectivity index (χ4v) is 3.73. The van der Waals surface area contributed by atoms with E-state index in [0.717, 1.165) is 12.8 Å². The molecule has 0 aliphatic heterocycles. The van der Waals surface area contributed by atoms with E-state index in [2.05, 4.69) is 25.7 Å². The van der Waals surface area contributed by atoms with Crippen molar-refractivity contribution < 1.29 is 18.7 Å². The van der Waals surface area contributed by atoms with E-state index in [1.54, 1.807) is 30.8 Å². The summed E-state index contributed by atoms with van der Waals surface area (Å²) < 4.78 is 21.5. The molecule has 3 aromatic heterocycles. The number of aromatic nitrogens is 4. The van der Waals surface area contributed by atoms with Gasteiger partial charge in [0.25, 0.3) is 5.91 Å². The molecule has 11 heteroatoms. The summed E-state index contributed by atoms with van der Waals surface area (Å²) in [5, 5.41) is 9.64. The van der Waals surface area contributed by atoms with Crippen LogP contribution in [0.4, 0.5) is 15.9 Å². The van der Waals surface area contributed by atoms with Crippen molar-refractivity contribution in [3.8, 4) is 11.6 Å². The standard InChI is InChI=1S/C21H17FN6O3S/c1-11-19(32-10-23-11)21(30)24-15-8-13(4-5-14(15)22)31-18-7-6-17-25-16(9-28(17)27-18)26-20(29)12-2-3-12/h4-10,12H,2-3H2,1H3,(H,24,30)(H,26,29). The van der Waals surface area contributed by atoms with E-state index in [4.69, 9.17) is 4.74 Å². The second-order valence-electron chi connectivity index (χ2n) is 7.33. The highest BCUT2D eigenvalue weighted by Gasteiger charge is 2.30. The van der Waals surface area contributed by atoms with Crippen LogP contribution in [0.3, 0.4) is 0 Å². The Morgan fingerprint density at radius 2 is 2.06 bits per heavy atom. The minimum atomic E-state index is -0.595. The molecule has 1 aliphatic carbocycles. The van der Waals surface area contributed by atoms with Crippen LogP contribution in [0.5, 0.6) is 11.6 Å². The Labute approximate surface area is 185 Å². The Balaban J connectivity index is 1.33. The molecule has 9 nitrogen and oxygen atoms in total. The lowest BCUT2D eigenvalue weighted by molar-refractivity contribution is -0.117. The zero-order chi connectivity index (χ0) is 22.2. The number of rotatable bonds is 6. The number of thiazole rings is 1. The Bertz CT molecular complexity index is 1350. The van der Waals surface area contributed by atoms with Crippen molar-refractivity contribution in [2.45, 2.75) is 19.8 Å². The monoisotopic (exact) mass is 452 g/mol. The number of fused-ring (bicyclic) bond motifs is 1. The Morgan fingerprint density at radius 1 is 1.22 bits per heavy atom.